The summed E-state index contributed by atoms with van der Waals surface area (Å²) in [6.07, 6.45) is 0. The molecule has 0 aromatic heterocycles. The van der Waals surface area contributed by atoms with Crippen LogP contribution in [0.15, 0.2) is 42.5 Å². The summed E-state index contributed by atoms with van der Waals surface area (Å²) in [5.74, 6) is 0.775. The molecule has 0 fully saturated rings. The van der Waals surface area contributed by atoms with Crippen molar-refractivity contribution in [1.82, 2.24) is 5.32 Å². The van der Waals surface area contributed by atoms with Gasteiger partial charge in [-0.1, -0.05) is 6.07 Å². The maximum Gasteiger partial charge on any atom is 0.251 e. The monoisotopic (exact) mass is 273 g/mol. The maximum atomic E-state index is 12.8. The molecule has 1 amide bonds. The summed E-state index contributed by atoms with van der Waals surface area (Å²) in [4.78, 5) is 11.9. The lowest BCUT2D eigenvalue weighted by molar-refractivity contribution is 0.0951. The average Bonchev–Trinajstić information content (AvgIpc) is 2.93. The fourth-order valence-electron chi connectivity index (χ4n) is 1.94. The van der Waals surface area contributed by atoms with E-state index in [9.17, 15) is 9.18 Å². The first kappa shape index (κ1) is 12.5. The van der Waals surface area contributed by atoms with Crippen molar-refractivity contribution in [1.29, 1.82) is 0 Å². The number of carbonyl (C=O) groups is 1. The highest BCUT2D eigenvalue weighted by Gasteiger charge is 2.13. The number of halogens is 1. The molecule has 0 radical (unpaired) electrons. The minimum absolute atomic E-state index is 0.223. The molecule has 0 atom stereocenters. The van der Waals surface area contributed by atoms with E-state index in [1.165, 1.54) is 24.3 Å². The number of amides is 1. The summed E-state index contributed by atoms with van der Waals surface area (Å²) in [5.41, 5.74) is 1.33. The van der Waals surface area contributed by atoms with Crippen LogP contribution in [0.5, 0.6) is 11.5 Å². The Balaban J connectivity index is 1.64. The van der Waals surface area contributed by atoms with E-state index in [1.54, 1.807) is 0 Å². The lowest BCUT2D eigenvalue weighted by Crippen LogP contribution is -2.22. The van der Waals surface area contributed by atoms with Crippen LogP contribution in [0.25, 0.3) is 0 Å². The number of hydrogen-bond acceptors (Lipinski definition) is 3. The van der Waals surface area contributed by atoms with Gasteiger partial charge in [0, 0.05) is 12.1 Å². The molecule has 3 rings (SSSR count). The van der Waals surface area contributed by atoms with Crippen molar-refractivity contribution in [3.8, 4) is 11.5 Å². The van der Waals surface area contributed by atoms with Crippen molar-refractivity contribution >= 4 is 5.91 Å². The van der Waals surface area contributed by atoms with Crippen LogP contribution in [-0.4, -0.2) is 12.7 Å². The molecule has 102 valence electrons. The zero-order valence-electron chi connectivity index (χ0n) is 10.6. The summed E-state index contributed by atoms with van der Waals surface area (Å²) in [6.45, 7) is 0.591. The van der Waals surface area contributed by atoms with Crippen LogP contribution >= 0.6 is 0 Å². The van der Waals surface area contributed by atoms with Gasteiger partial charge in [-0.05, 0) is 42.0 Å². The standard InChI is InChI=1S/C15H12FNO3/c16-12-4-2-11(3-5-12)15(18)17-8-10-1-6-13-14(7-10)20-9-19-13/h1-7H,8-9H2,(H,17,18). The van der Waals surface area contributed by atoms with Gasteiger partial charge in [0.15, 0.2) is 11.5 Å². The molecule has 20 heavy (non-hydrogen) atoms. The smallest absolute Gasteiger partial charge is 0.251 e. The molecular formula is C15H12FNO3. The Bertz CT molecular complexity index is 640. The highest BCUT2D eigenvalue weighted by molar-refractivity contribution is 5.94. The second-order valence-corrected chi connectivity index (χ2v) is 4.38. The van der Waals surface area contributed by atoms with Gasteiger partial charge in [-0.15, -0.1) is 0 Å². The second-order valence-electron chi connectivity index (χ2n) is 4.38. The summed E-state index contributed by atoms with van der Waals surface area (Å²) < 4.78 is 23.3. The van der Waals surface area contributed by atoms with Gasteiger partial charge >= 0.3 is 0 Å². The summed E-state index contributed by atoms with van der Waals surface area (Å²) in [7, 11) is 0. The van der Waals surface area contributed by atoms with E-state index in [4.69, 9.17) is 9.47 Å². The van der Waals surface area contributed by atoms with Gasteiger partial charge in [0.2, 0.25) is 6.79 Å². The number of benzene rings is 2. The van der Waals surface area contributed by atoms with Gasteiger partial charge in [-0.25, -0.2) is 4.39 Å². The summed E-state index contributed by atoms with van der Waals surface area (Å²) in [5, 5.41) is 2.77. The topological polar surface area (TPSA) is 47.6 Å². The lowest BCUT2D eigenvalue weighted by Gasteiger charge is -2.06. The van der Waals surface area contributed by atoms with E-state index in [0.29, 0.717) is 23.6 Å². The number of rotatable bonds is 3. The summed E-state index contributed by atoms with van der Waals surface area (Å²) in [6, 6.07) is 10.9. The predicted molar refractivity (Wildman–Crippen MR) is 70.1 cm³/mol. The van der Waals surface area contributed by atoms with Crippen LogP contribution < -0.4 is 14.8 Å². The van der Waals surface area contributed by atoms with Gasteiger partial charge in [-0.2, -0.15) is 0 Å². The van der Waals surface area contributed by atoms with E-state index in [0.717, 1.165) is 5.56 Å². The number of hydrogen-bond donors (Lipinski definition) is 1. The third kappa shape index (κ3) is 2.56. The van der Waals surface area contributed by atoms with Gasteiger partial charge in [-0.3, -0.25) is 4.79 Å². The first-order chi connectivity index (χ1) is 9.72. The fourth-order valence-corrected chi connectivity index (χ4v) is 1.94. The van der Waals surface area contributed by atoms with Crippen molar-refractivity contribution < 1.29 is 18.7 Å². The van der Waals surface area contributed by atoms with Gasteiger partial charge in [0.05, 0.1) is 0 Å². The average molecular weight is 273 g/mol. The predicted octanol–water partition coefficient (Wildman–Crippen LogP) is 2.48. The van der Waals surface area contributed by atoms with Crippen molar-refractivity contribution in [3.05, 3.63) is 59.4 Å². The Morgan fingerprint density at radius 3 is 2.65 bits per heavy atom. The summed E-state index contributed by atoms with van der Waals surface area (Å²) >= 11 is 0. The van der Waals surface area contributed by atoms with Crippen molar-refractivity contribution in [3.63, 3.8) is 0 Å². The molecule has 1 aliphatic heterocycles. The highest BCUT2D eigenvalue weighted by Crippen LogP contribution is 2.32. The molecule has 0 spiro atoms. The van der Waals surface area contributed by atoms with E-state index in [2.05, 4.69) is 5.32 Å². The third-order valence-electron chi connectivity index (χ3n) is 3.00. The molecule has 0 saturated heterocycles. The molecule has 0 unspecified atom stereocenters. The third-order valence-corrected chi connectivity index (χ3v) is 3.00. The molecular weight excluding hydrogens is 261 g/mol. The first-order valence-corrected chi connectivity index (χ1v) is 6.15. The Hall–Kier alpha value is -2.56. The molecule has 1 N–H and O–H groups in total. The molecule has 0 aliphatic carbocycles. The number of fused-ring (bicyclic) bond motifs is 1. The SMILES string of the molecule is O=C(NCc1ccc2c(c1)OCO2)c1ccc(F)cc1. The Labute approximate surface area is 115 Å². The van der Waals surface area contributed by atoms with E-state index < -0.39 is 0 Å². The number of nitrogens with one attached hydrogen (secondary N) is 1. The quantitative estimate of drug-likeness (QED) is 0.934. The van der Waals surface area contributed by atoms with Gasteiger partial charge in [0.25, 0.3) is 5.91 Å². The minimum Gasteiger partial charge on any atom is -0.454 e. The molecule has 5 heteroatoms. The number of carbonyl (C=O) groups excluding carboxylic acids is 1. The van der Waals surface area contributed by atoms with Crippen LogP contribution in [0.4, 0.5) is 4.39 Å². The maximum absolute atomic E-state index is 12.8. The highest BCUT2D eigenvalue weighted by atomic mass is 19.1. The number of ether oxygens (including phenoxy) is 2. The van der Waals surface area contributed by atoms with Crippen LogP contribution in [-0.2, 0) is 6.54 Å². The van der Waals surface area contributed by atoms with E-state index in [-0.39, 0.29) is 18.5 Å². The molecule has 1 heterocycles. The zero-order chi connectivity index (χ0) is 13.9. The van der Waals surface area contributed by atoms with Crippen molar-refractivity contribution in [2.75, 3.05) is 6.79 Å². The van der Waals surface area contributed by atoms with E-state index >= 15 is 0 Å². The van der Waals surface area contributed by atoms with E-state index in [1.807, 2.05) is 18.2 Å². The molecule has 2 aromatic carbocycles. The van der Waals surface area contributed by atoms with Crippen molar-refractivity contribution in [2.45, 2.75) is 6.54 Å². The normalized spacial score (nSPS) is 12.2. The Morgan fingerprint density at radius 2 is 1.85 bits per heavy atom. The van der Waals surface area contributed by atoms with Gasteiger partial charge in [0.1, 0.15) is 5.82 Å². The molecule has 0 bridgehead atoms. The van der Waals surface area contributed by atoms with Gasteiger partial charge < -0.3 is 14.8 Å². The first-order valence-electron chi connectivity index (χ1n) is 6.15. The molecule has 4 nitrogen and oxygen atoms in total. The zero-order valence-corrected chi connectivity index (χ0v) is 10.6. The minimum atomic E-state index is -0.364. The Kier molecular flexibility index (Phi) is 3.25. The lowest BCUT2D eigenvalue weighted by atomic mass is 10.1. The molecule has 0 saturated carbocycles. The molecule has 1 aliphatic rings. The molecule has 2 aromatic rings. The van der Waals surface area contributed by atoms with Crippen LogP contribution in [0.2, 0.25) is 0 Å². The van der Waals surface area contributed by atoms with Crippen LogP contribution in [0.3, 0.4) is 0 Å². The van der Waals surface area contributed by atoms with Crippen molar-refractivity contribution in [2.24, 2.45) is 0 Å². The fraction of sp³-hybridized carbons (Fsp3) is 0.133. The van der Waals surface area contributed by atoms with Crippen LogP contribution in [0.1, 0.15) is 15.9 Å². The Morgan fingerprint density at radius 1 is 1.10 bits per heavy atom. The van der Waals surface area contributed by atoms with Crippen LogP contribution in [0, 0.1) is 5.82 Å². The largest absolute Gasteiger partial charge is 0.454 e. The second kappa shape index (κ2) is 5.21.